The number of amides is 2. The molecular formula is C21H22F2N2O5. The Hall–Kier alpha value is -3.49. The van der Waals surface area contributed by atoms with Gasteiger partial charge >= 0.3 is 5.97 Å². The van der Waals surface area contributed by atoms with Crippen molar-refractivity contribution in [2.45, 2.75) is 19.8 Å². The van der Waals surface area contributed by atoms with Gasteiger partial charge in [-0.15, -0.1) is 0 Å². The third-order valence-electron chi connectivity index (χ3n) is 3.82. The number of anilines is 1. The number of carbonyl (C=O) groups is 3. The average Bonchev–Trinajstić information content (AvgIpc) is 2.70. The Bertz CT molecular complexity index is 905. The van der Waals surface area contributed by atoms with E-state index in [4.69, 9.17) is 9.47 Å². The summed E-state index contributed by atoms with van der Waals surface area (Å²) in [6, 6.07) is 9.21. The summed E-state index contributed by atoms with van der Waals surface area (Å²) in [7, 11) is 0. The largest absolute Gasteiger partial charge is 0.482 e. The lowest BCUT2D eigenvalue weighted by atomic mass is 10.2. The minimum absolute atomic E-state index is 0.111. The number of hydrogen-bond acceptors (Lipinski definition) is 5. The second kappa shape index (κ2) is 11.5. The maximum Gasteiger partial charge on any atom is 0.344 e. The number of hydrogen-bond donors (Lipinski definition) is 2. The molecule has 0 saturated carbocycles. The maximum atomic E-state index is 13.5. The van der Waals surface area contributed by atoms with Crippen LogP contribution in [0.5, 0.6) is 5.75 Å². The molecule has 2 N–H and O–H groups in total. The van der Waals surface area contributed by atoms with Crippen molar-refractivity contribution in [3.05, 3.63) is 59.7 Å². The van der Waals surface area contributed by atoms with Crippen molar-refractivity contribution < 1.29 is 32.6 Å². The van der Waals surface area contributed by atoms with Crippen LogP contribution in [0.1, 0.15) is 30.1 Å². The number of ether oxygens (including phenoxy) is 2. The van der Waals surface area contributed by atoms with Crippen LogP contribution in [0.15, 0.2) is 42.5 Å². The van der Waals surface area contributed by atoms with E-state index < -0.39 is 23.5 Å². The van der Waals surface area contributed by atoms with Gasteiger partial charge in [0, 0.05) is 30.8 Å². The minimum Gasteiger partial charge on any atom is -0.482 e. The highest BCUT2D eigenvalue weighted by Crippen LogP contribution is 2.17. The third kappa shape index (κ3) is 7.50. The zero-order chi connectivity index (χ0) is 21.9. The van der Waals surface area contributed by atoms with Gasteiger partial charge < -0.3 is 20.1 Å². The molecule has 0 heterocycles. The van der Waals surface area contributed by atoms with E-state index in [2.05, 4.69) is 10.6 Å². The number of carbonyl (C=O) groups excluding carboxylic acids is 3. The topological polar surface area (TPSA) is 93.7 Å². The zero-order valence-electron chi connectivity index (χ0n) is 16.4. The van der Waals surface area contributed by atoms with Gasteiger partial charge in [0.05, 0.1) is 12.2 Å². The van der Waals surface area contributed by atoms with Crippen LogP contribution in [-0.2, 0) is 14.3 Å². The fourth-order valence-electron chi connectivity index (χ4n) is 2.45. The van der Waals surface area contributed by atoms with Gasteiger partial charge in [-0.1, -0.05) is 6.07 Å². The molecule has 7 nitrogen and oxygen atoms in total. The van der Waals surface area contributed by atoms with Crippen molar-refractivity contribution in [3.8, 4) is 5.75 Å². The van der Waals surface area contributed by atoms with Crippen LogP contribution in [0.3, 0.4) is 0 Å². The van der Waals surface area contributed by atoms with Gasteiger partial charge in [-0.05, 0) is 37.6 Å². The van der Waals surface area contributed by atoms with Crippen LogP contribution in [0.2, 0.25) is 0 Å². The Morgan fingerprint density at radius 1 is 1.07 bits per heavy atom. The minimum atomic E-state index is -0.949. The SMILES string of the molecule is CCOC(=O)COc1cccc(NC(=O)CCCNC(=O)c2ccc(F)cc2F)c1. The van der Waals surface area contributed by atoms with Gasteiger partial charge in [0.15, 0.2) is 6.61 Å². The molecule has 0 aliphatic rings. The van der Waals surface area contributed by atoms with Crippen molar-refractivity contribution >= 4 is 23.5 Å². The molecule has 0 aromatic heterocycles. The summed E-state index contributed by atoms with van der Waals surface area (Å²) in [5, 5.41) is 5.16. The summed E-state index contributed by atoms with van der Waals surface area (Å²) in [5.41, 5.74) is 0.222. The molecule has 9 heteroatoms. The lowest BCUT2D eigenvalue weighted by Crippen LogP contribution is -2.26. The van der Waals surface area contributed by atoms with Gasteiger partial charge in [-0.3, -0.25) is 9.59 Å². The van der Waals surface area contributed by atoms with E-state index in [0.29, 0.717) is 23.9 Å². The second-order valence-electron chi connectivity index (χ2n) is 6.15. The van der Waals surface area contributed by atoms with E-state index in [1.807, 2.05) is 0 Å². The van der Waals surface area contributed by atoms with Crippen LogP contribution in [-0.4, -0.2) is 37.5 Å². The maximum absolute atomic E-state index is 13.5. The van der Waals surface area contributed by atoms with E-state index in [0.717, 1.165) is 12.1 Å². The number of benzene rings is 2. The lowest BCUT2D eigenvalue weighted by Gasteiger charge is -2.09. The predicted molar refractivity (Wildman–Crippen MR) is 105 cm³/mol. The average molecular weight is 420 g/mol. The second-order valence-corrected chi connectivity index (χ2v) is 6.15. The van der Waals surface area contributed by atoms with Gasteiger partial charge in [-0.2, -0.15) is 0 Å². The molecule has 0 spiro atoms. The van der Waals surface area contributed by atoms with Crippen LogP contribution in [0.4, 0.5) is 14.5 Å². The third-order valence-corrected chi connectivity index (χ3v) is 3.82. The highest BCUT2D eigenvalue weighted by Gasteiger charge is 2.12. The summed E-state index contributed by atoms with van der Waals surface area (Å²) in [6.45, 7) is 1.86. The summed E-state index contributed by atoms with van der Waals surface area (Å²) in [5.74, 6) is -2.78. The Labute approximate surface area is 172 Å². The van der Waals surface area contributed by atoms with Crippen LogP contribution in [0.25, 0.3) is 0 Å². The van der Waals surface area contributed by atoms with E-state index >= 15 is 0 Å². The molecule has 2 amide bonds. The van der Waals surface area contributed by atoms with Crippen LogP contribution >= 0.6 is 0 Å². The molecule has 160 valence electrons. The molecule has 0 bridgehead atoms. The smallest absolute Gasteiger partial charge is 0.344 e. The van der Waals surface area contributed by atoms with Crippen molar-refractivity contribution in [2.75, 3.05) is 25.1 Å². The summed E-state index contributed by atoms with van der Waals surface area (Å²) in [4.78, 5) is 35.2. The molecule has 0 aliphatic carbocycles. The molecule has 0 aliphatic heterocycles. The molecule has 2 aromatic carbocycles. The van der Waals surface area contributed by atoms with Crippen molar-refractivity contribution in [1.29, 1.82) is 0 Å². The molecule has 0 saturated heterocycles. The number of rotatable bonds is 10. The van der Waals surface area contributed by atoms with E-state index in [-0.39, 0.29) is 37.6 Å². The first-order chi connectivity index (χ1) is 14.4. The molecular weight excluding hydrogens is 398 g/mol. The molecule has 30 heavy (non-hydrogen) atoms. The van der Waals surface area contributed by atoms with Crippen LogP contribution in [0, 0.1) is 11.6 Å². The van der Waals surface area contributed by atoms with E-state index in [1.54, 1.807) is 31.2 Å². The molecule has 0 unspecified atom stereocenters. The fourth-order valence-corrected chi connectivity index (χ4v) is 2.45. The van der Waals surface area contributed by atoms with Crippen LogP contribution < -0.4 is 15.4 Å². The van der Waals surface area contributed by atoms with Gasteiger partial charge in [0.1, 0.15) is 17.4 Å². The first-order valence-electron chi connectivity index (χ1n) is 9.30. The first-order valence-corrected chi connectivity index (χ1v) is 9.30. The normalized spacial score (nSPS) is 10.2. The Morgan fingerprint density at radius 3 is 2.60 bits per heavy atom. The quantitative estimate of drug-likeness (QED) is 0.455. The first kappa shape index (κ1) is 22.8. The summed E-state index contributed by atoms with van der Waals surface area (Å²) in [6.07, 6.45) is 0.430. The highest BCUT2D eigenvalue weighted by atomic mass is 19.1. The van der Waals surface area contributed by atoms with Crippen molar-refractivity contribution in [1.82, 2.24) is 5.32 Å². The Morgan fingerprint density at radius 2 is 1.87 bits per heavy atom. The number of esters is 1. The lowest BCUT2D eigenvalue weighted by molar-refractivity contribution is -0.145. The van der Waals surface area contributed by atoms with Crippen molar-refractivity contribution in [3.63, 3.8) is 0 Å². The molecule has 2 rings (SSSR count). The van der Waals surface area contributed by atoms with E-state index in [9.17, 15) is 23.2 Å². The number of halogens is 2. The molecule has 0 radical (unpaired) electrons. The summed E-state index contributed by atoms with van der Waals surface area (Å²) >= 11 is 0. The number of nitrogens with one attached hydrogen (secondary N) is 2. The predicted octanol–water partition coefficient (Wildman–Crippen LogP) is 3.06. The van der Waals surface area contributed by atoms with Gasteiger partial charge in [-0.25, -0.2) is 13.6 Å². The molecule has 0 atom stereocenters. The molecule has 2 aromatic rings. The Balaban J connectivity index is 1.73. The zero-order valence-corrected chi connectivity index (χ0v) is 16.4. The standard InChI is InChI=1S/C21H22F2N2O5/c1-2-29-20(27)13-30-16-6-3-5-15(12-16)25-19(26)7-4-10-24-21(28)17-9-8-14(22)11-18(17)23/h3,5-6,8-9,11-12H,2,4,7,10,13H2,1H3,(H,24,28)(H,25,26). The molecule has 0 fully saturated rings. The van der Waals surface area contributed by atoms with E-state index in [1.165, 1.54) is 0 Å². The van der Waals surface area contributed by atoms with Crippen molar-refractivity contribution in [2.24, 2.45) is 0 Å². The summed E-state index contributed by atoms with van der Waals surface area (Å²) < 4.78 is 36.5. The Kier molecular flexibility index (Phi) is 8.74. The highest BCUT2D eigenvalue weighted by molar-refractivity contribution is 5.94. The van der Waals surface area contributed by atoms with Gasteiger partial charge in [0.2, 0.25) is 5.91 Å². The van der Waals surface area contributed by atoms with Gasteiger partial charge in [0.25, 0.3) is 5.91 Å². The monoisotopic (exact) mass is 420 g/mol. The fraction of sp³-hybridized carbons (Fsp3) is 0.286.